The van der Waals surface area contributed by atoms with Crippen molar-refractivity contribution in [2.45, 2.75) is 0 Å². The van der Waals surface area contributed by atoms with Crippen molar-refractivity contribution in [1.82, 2.24) is 0 Å². The molecule has 4 aromatic rings. The van der Waals surface area contributed by atoms with E-state index in [-0.39, 0.29) is 0 Å². The Bertz CT molecular complexity index is 1010. The fourth-order valence-electron chi connectivity index (χ4n) is 3.20. The maximum absolute atomic E-state index is 5.98. The molecule has 0 saturated heterocycles. The molecule has 2 heteroatoms. The molecular weight excluding hydrogens is 314 g/mol. The van der Waals surface area contributed by atoms with Crippen molar-refractivity contribution in [3.05, 3.63) is 88.9 Å². The summed E-state index contributed by atoms with van der Waals surface area (Å²) in [5.41, 5.74) is 4.84. The van der Waals surface area contributed by atoms with E-state index in [2.05, 4.69) is 72.3 Å². The maximum Gasteiger partial charge on any atom is 0.213 e. The van der Waals surface area contributed by atoms with Crippen molar-refractivity contribution in [3.63, 3.8) is 0 Å². The lowest BCUT2D eigenvalue weighted by molar-refractivity contribution is -0.617. The topological polar surface area (TPSA) is 3.88 Å². The summed E-state index contributed by atoms with van der Waals surface area (Å²) in [6.07, 6.45) is 4.35. The highest BCUT2D eigenvalue weighted by Gasteiger charge is 2.15. The van der Waals surface area contributed by atoms with Gasteiger partial charge in [0, 0.05) is 22.7 Å². The quantitative estimate of drug-likeness (QED) is 0.331. The highest BCUT2D eigenvalue weighted by molar-refractivity contribution is 6.30. The number of fused-ring (bicyclic) bond motifs is 2. The van der Waals surface area contributed by atoms with Crippen LogP contribution in [-0.2, 0) is 7.05 Å². The van der Waals surface area contributed by atoms with E-state index in [0.717, 1.165) is 10.6 Å². The van der Waals surface area contributed by atoms with E-state index in [9.17, 15) is 0 Å². The first-order valence-electron chi connectivity index (χ1n) is 7.97. The van der Waals surface area contributed by atoms with Gasteiger partial charge < -0.3 is 0 Å². The molecule has 0 saturated carbocycles. The molecule has 0 atom stereocenters. The summed E-state index contributed by atoms with van der Waals surface area (Å²) in [5.74, 6) is 0. The van der Waals surface area contributed by atoms with Gasteiger partial charge in [-0.1, -0.05) is 60.2 Å². The second-order valence-electron chi connectivity index (χ2n) is 5.89. The van der Waals surface area contributed by atoms with Crippen LogP contribution in [0.4, 0.5) is 0 Å². The molecule has 4 rings (SSSR count). The van der Waals surface area contributed by atoms with Gasteiger partial charge in [0.15, 0.2) is 0 Å². The zero-order chi connectivity index (χ0) is 16.5. The highest BCUT2D eigenvalue weighted by Crippen LogP contribution is 2.26. The van der Waals surface area contributed by atoms with Gasteiger partial charge in [-0.3, -0.25) is 0 Å². The molecule has 24 heavy (non-hydrogen) atoms. The van der Waals surface area contributed by atoms with E-state index in [0.29, 0.717) is 0 Å². The van der Waals surface area contributed by atoms with Crippen molar-refractivity contribution in [1.29, 1.82) is 0 Å². The lowest BCUT2D eigenvalue weighted by Gasteiger charge is -2.07. The molecule has 0 bridgehead atoms. The molecule has 1 nitrogen and oxygen atoms in total. The molecule has 0 aliphatic heterocycles. The predicted octanol–water partition coefficient (Wildman–Crippen LogP) is 5.64. The molecule has 0 aliphatic rings. The van der Waals surface area contributed by atoms with Gasteiger partial charge in [-0.2, -0.15) is 4.57 Å². The third-order valence-electron chi connectivity index (χ3n) is 4.42. The molecule has 0 N–H and O–H groups in total. The Balaban J connectivity index is 1.98. The summed E-state index contributed by atoms with van der Waals surface area (Å²) in [6.45, 7) is 0. The fraction of sp³-hybridized carbons (Fsp3) is 0.0455. The lowest BCUT2D eigenvalue weighted by atomic mass is 10.0. The Morgan fingerprint density at radius 2 is 1.25 bits per heavy atom. The van der Waals surface area contributed by atoms with Gasteiger partial charge in [0.25, 0.3) is 0 Å². The van der Waals surface area contributed by atoms with E-state index in [1.165, 1.54) is 27.4 Å². The Morgan fingerprint density at radius 3 is 1.83 bits per heavy atom. The monoisotopic (exact) mass is 330 g/mol. The Hall–Kier alpha value is -2.64. The van der Waals surface area contributed by atoms with Crippen molar-refractivity contribution < 1.29 is 4.57 Å². The number of halogens is 1. The predicted molar refractivity (Wildman–Crippen MR) is 103 cm³/mol. The molecule has 0 spiro atoms. The van der Waals surface area contributed by atoms with Gasteiger partial charge in [0.05, 0.1) is 10.8 Å². The van der Waals surface area contributed by atoms with Crippen LogP contribution in [0.2, 0.25) is 5.02 Å². The van der Waals surface area contributed by atoms with Gasteiger partial charge in [0.1, 0.15) is 7.05 Å². The fourth-order valence-corrected chi connectivity index (χ4v) is 3.32. The number of nitrogens with zero attached hydrogens (tertiary/aromatic N) is 1. The van der Waals surface area contributed by atoms with E-state index < -0.39 is 0 Å². The lowest BCUT2D eigenvalue weighted by Crippen LogP contribution is -2.30. The Morgan fingerprint density at radius 1 is 0.708 bits per heavy atom. The van der Waals surface area contributed by atoms with E-state index >= 15 is 0 Å². The van der Waals surface area contributed by atoms with Crippen LogP contribution in [0.1, 0.15) is 11.1 Å². The van der Waals surface area contributed by atoms with Crippen molar-refractivity contribution in [3.8, 4) is 0 Å². The third-order valence-corrected chi connectivity index (χ3v) is 4.68. The summed E-state index contributed by atoms with van der Waals surface area (Å²) in [6, 6.07) is 25.0. The third kappa shape index (κ3) is 2.57. The molecule has 1 aromatic heterocycles. The molecule has 1 heterocycles. The SMILES string of the molecule is C[n+]1c2ccccc2c(/C=C/c2ccc(Cl)cc2)c2ccccc21. The number of benzene rings is 3. The smallest absolute Gasteiger partial charge is 0.194 e. The van der Waals surface area contributed by atoms with Gasteiger partial charge in [-0.05, 0) is 29.8 Å². The summed E-state index contributed by atoms with van der Waals surface area (Å²) in [7, 11) is 2.12. The molecule has 0 radical (unpaired) electrons. The minimum absolute atomic E-state index is 0.759. The zero-order valence-electron chi connectivity index (χ0n) is 13.4. The van der Waals surface area contributed by atoms with Crippen molar-refractivity contribution >= 4 is 45.6 Å². The molecule has 0 amide bonds. The largest absolute Gasteiger partial charge is 0.213 e. The molecular formula is C22H17ClN+. The van der Waals surface area contributed by atoms with Crippen LogP contribution in [0, 0.1) is 0 Å². The summed E-state index contributed by atoms with van der Waals surface area (Å²) in [4.78, 5) is 0. The van der Waals surface area contributed by atoms with Crippen LogP contribution in [0.3, 0.4) is 0 Å². The first-order chi connectivity index (χ1) is 11.7. The zero-order valence-corrected chi connectivity index (χ0v) is 14.2. The van der Waals surface area contributed by atoms with Crippen LogP contribution in [-0.4, -0.2) is 0 Å². The molecule has 0 aliphatic carbocycles. The summed E-state index contributed by atoms with van der Waals surface area (Å²) < 4.78 is 2.25. The van der Waals surface area contributed by atoms with Crippen LogP contribution in [0.25, 0.3) is 34.0 Å². The van der Waals surface area contributed by atoms with Crippen LogP contribution in [0.5, 0.6) is 0 Å². The number of aromatic nitrogens is 1. The van der Waals surface area contributed by atoms with Crippen LogP contribution >= 0.6 is 11.6 Å². The van der Waals surface area contributed by atoms with Crippen LogP contribution in [0.15, 0.2) is 72.8 Å². The first-order valence-corrected chi connectivity index (χ1v) is 8.35. The number of para-hydroxylation sites is 2. The molecule has 3 aromatic carbocycles. The molecule has 116 valence electrons. The van der Waals surface area contributed by atoms with E-state index in [4.69, 9.17) is 11.6 Å². The van der Waals surface area contributed by atoms with Gasteiger partial charge >= 0.3 is 0 Å². The molecule has 0 fully saturated rings. The second kappa shape index (κ2) is 6.10. The van der Waals surface area contributed by atoms with Gasteiger partial charge in [0.2, 0.25) is 11.0 Å². The number of pyridine rings is 1. The van der Waals surface area contributed by atoms with Crippen molar-refractivity contribution in [2.75, 3.05) is 0 Å². The molecule has 0 unspecified atom stereocenters. The van der Waals surface area contributed by atoms with E-state index in [1.54, 1.807) is 0 Å². The first kappa shape index (κ1) is 14.9. The normalized spacial score (nSPS) is 11.6. The minimum atomic E-state index is 0.759. The number of hydrogen-bond acceptors (Lipinski definition) is 0. The van der Waals surface area contributed by atoms with Crippen LogP contribution < -0.4 is 4.57 Å². The van der Waals surface area contributed by atoms with Crippen molar-refractivity contribution in [2.24, 2.45) is 7.05 Å². The van der Waals surface area contributed by atoms with Gasteiger partial charge in [-0.15, -0.1) is 0 Å². The Labute approximate surface area is 146 Å². The number of rotatable bonds is 2. The standard InChI is InChI=1S/C22H17ClN/c1-24-21-8-4-2-6-19(21)18(20-7-3-5-9-22(20)24)15-12-16-10-13-17(23)14-11-16/h2-15H,1H3/q+1/b15-12+. The summed E-state index contributed by atoms with van der Waals surface area (Å²) in [5, 5.41) is 3.27. The summed E-state index contributed by atoms with van der Waals surface area (Å²) >= 11 is 5.98. The average molecular weight is 331 g/mol. The minimum Gasteiger partial charge on any atom is -0.194 e. The number of hydrogen-bond donors (Lipinski definition) is 0. The number of aryl methyl sites for hydroxylation is 1. The maximum atomic E-state index is 5.98. The Kier molecular flexibility index (Phi) is 3.79. The van der Waals surface area contributed by atoms with E-state index in [1.807, 2.05) is 24.3 Å². The highest BCUT2D eigenvalue weighted by atomic mass is 35.5. The van der Waals surface area contributed by atoms with Gasteiger partial charge in [-0.25, -0.2) is 0 Å². The average Bonchev–Trinajstić information content (AvgIpc) is 2.63. The second-order valence-corrected chi connectivity index (χ2v) is 6.33.